The summed E-state index contributed by atoms with van der Waals surface area (Å²) >= 11 is 5.76. The molecule has 1 aromatic heterocycles. The zero-order valence-corrected chi connectivity index (χ0v) is 15.1. The fourth-order valence-electron chi connectivity index (χ4n) is 2.36. The van der Waals surface area contributed by atoms with E-state index in [1.54, 1.807) is 0 Å². The summed E-state index contributed by atoms with van der Waals surface area (Å²) in [7, 11) is 0. The second kappa shape index (κ2) is 7.84. The zero-order valence-electron chi connectivity index (χ0n) is 14.4. The third kappa shape index (κ3) is 4.85. The largest absolute Gasteiger partial charge is 0.478 e. The Kier molecular flexibility index (Phi) is 5.46. The molecule has 0 saturated carbocycles. The molecule has 0 bridgehead atoms. The number of anilines is 2. The summed E-state index contributed by atoms with van der Waals surface area (Å²) in [5, 5.41) is 17.6. The summed E-state index contributed by atoms with van der Waals surface area (Å²) < 4.78 is 40.1. The van der Waals surface area contributed by atoms with Gasteiger partial charge in [0.2, 0.25) is 0 Å². The molecule has 3 N–H and O–H groups in total. The molecule has 150 valence electrons. The lowest BCUT2D eigenvalue weighted by molar-refractivity contribution is -0.141. The van der Waals surface area contributed by atoms with Gasteiger partial charge >= 0.3 is 18.2 Å². The number of carboxylic acids is 1. The maximum Gasteiger partial charge on any atom is 0.435 e. The van der Waals surface area contributed by atoms with Gasteiger partial charge in [-0.25, -0.2) is 14.3 Å². The Morgan fingerprint density at radius 2 is 1.62 bits per heavy atom. The van der Waals surface area contributed by atoms with E-state index in [9.17, 15) is 22.8 Å². The van der Waals surface area contributed by atoms with Gasteiger partial charge in [-0.05, 0) is 48.5 Å². The maximum atomic E-state index is 13.1. The lowest BCUT2D eigenvalue weighted by Gasteiger charge is -2.10. The zero-order chi connectivity index (χ0) is 21.2. The number of alkyl halides is 3. The van der Waals surface area contributed by atoms with Crippen molar-refractivity contribution >= 4 is 35.1 Å². The normalized spacial score (nSPS) is 11.2. The van der Waals surface area contributed by atoms with Crippen molar-refractivity contribution in [2.24, 2.45) is 0 Å². The van der Waals surface area contributed by atoms with Crippen molar-refractivity contribution in [2.75, 3.05) is 10.6 Å². The Balaban J connectivity index is 1.90. The number of amides is 2. The Bertz CT molecular complexity index is 1050. The Labute approximate surface area is 166 Å². The minimum absolute atomic E-state index is 0.0491. The van der Waals surface area contributed by atoms with E-state index in [0.29, 0.717) is 16.8 Å². The summed E-state index contributed by atoms with van der Waals surface area (Å²) in [6, 6.07) is 11.0. The molecule has 29 heavy (non-hydrogen) atoms. The van der Waals surface area contributed by atoms with E-state index in [1.807, 2.05) is 0 Å². The van der Waals surface area contributed by atoms with Gasteiger partial charge in [0.05, 0.1) is 11.3 Å². The first-order valence-electron chi connectivity index (χ1n) is 7.98. The predicted molar refractivity (Wildman–Crippen MR) is 99.6 cm³/mol. The van der Waals surface area contributed by atoms with Crippen LogP contribution in [-0.2, 0) is 6.18 Å². The van der Waals surface area contributed by atoms with Crippen LogP contribution in [0.5, 0.6) is 0 Å². The van der Waals surface area contributed by atoms with Crippen LogP contribution in [0.25, 0.3) is 5.69 Å². The quantitative estimate of drug-likeness (QED) is 0.555. The van der Waals surface area contributed by atoms with Crippen LogP contribution in [0.2, 0.25) is 5.02 Å². The van der Waals surface area contributed by atoms with Crippen molar-refractivity contribution in [2.45, 2.75) is 6.18 Å². The fourth-order valence-corrected chi connectivity index (χ4v) is 2.49. The number of carboxylic acid groups (broad SMARTS) is 1. The summed E-state index contributed by atoms with van der Waals surface area (Å²) in [5.74, 6) is -1.44. The molecular formula is C18H12ClF3N4O3. The third-order valence-electron chi connectivity index (χ3n) is 3.70. The lowest BCUT2D eigenvalue weighted by Crippen LogP contribution is -2.21. The van der Waals surface area contributed by atoms with Gasteiger partial charge in [-0.2, -0.15) is 18.3 Å². The number of carbonyl (C=O) groups is 2. The molecule has 0 atom stereocenters. The van der Waals surface area contributed by atoms with Gasteiger partial charge in [-0.1, -0.05) is 11.6 Å². The SMILES string of the molecule is O=C(Nc1ccc(Cl)cc1)Nc1cc(C(F)(F)F)nn1-c1ccc(C(=O)O)cc1. The van der Waals surface area contributed by atoms with Gasteiger partial charge in [0, 0.05) is 16.8 Å². The molecule has 7 nitrogen and oxygen atoms in total. The molecule has 11 heteroatoms. The summed E-state index contributed by atoms with van der Waals surface area (Å²) in [4.78, 5) is 23.1. The molecular weight excluding hydrogens is 413 g/mol. The number of nitrogens with one attached hydrogen (secondary N) is 2. The molecule has 0 spiro atoms. The van der Waals surface area contributed by atoms with E-state index >= 15 is 0 Å². The maximum absolute atomic E-state index is 13.1. The van der Waals surface area contributed by atoms with Gasteiger partial charge in [0.1, 0.15) is 5.82 Å². The van der Waals surface area contributed by atoms with E-state index in [2.05, 4.69) is 15.7 Å². The number of nitrogens with zero attached hydrogens (tertiary/aromatic N) is 2. The van der Waals surface area contributed by atoms with E-state index in [0.717, 1.165) is 4.68 Å². The predicted octanol–water partition coefficient (Wildman–Crippen LogP) is 4.89. The van der Waals surface area contributed by atoms with Crippen LogP contribution in [0.1, 0.15) is 16.1 Å². The Morgan fingerprint density at radius 1 is 1.00 bits per heavy atom. The number of hydrogen-bond acceptors (Lipinski definition) is 3. The first-order chi connectivity index (χ1) is 13.6. The molecule has 0 unspecified atom stereocenters. The first kappa shape index (κ1) is 20.2. The fraction of sp³-hybridized carbons (Fsp3) is 0.0556. The van der Waals surface area contributed by atoms with E-state index in [1.165, 1.54) is 48.5 Å². The molecule has 0 fully saturated rings. The Hall–Kier alpha value is -3.53. The van der Waals surface area contributed by atoms with Crippen molar-refractivity contribution in [1.29, 1.82) is 0 Å². The van der Waals surface area contributed by atoms with Crippen LogP contribution in [0.3, 0.4) is 0 Å². The highest BCUT2D eigenvalue weighted by atomic mass is 35.5. The standard InChI is InChI=1S/C18H12ClF3N4O3/c19-11-3-5-12(6-4-11)23-17(29)24-15-9-14(18(20,21)22)25-26(15)13-7-1-10(2-8-13)16(27)28/h1-9H,(H,27,28)(H2,23,24,29). The molecule has 0 aliphatic rings. The number of benzene rings is 2. The summed E-state index contributed by atoms with van der Waals surface area (Å²) in [6.45, 7) is 0. The molecule has 1 heterocycles. The highest BCUT2D eigenvalue weighted by molar-refractivity contribution is 6.30. The van der Waals surface area contributed by atoms with Gasteiger partial charge in [0.25, 0.3) is 0 Å². The second-order valence-electron chi connectivity index (χ2n) is 5.76. The van der Waals surface area contributed by atoms with Crippen molar-refractivity contribution in [3.05, 3.63) is 70.9 Å². The van der Waals surface area contributed by atoms with Crippen molar-refractivity contribution in [3.63, 3.8) is 0 Å². The smallest absolute Gasteiger partial charge is 0.435 e. The Morgan fingerprint density at radius 3 is 2.17 bits per heavy atom. The van der Waals surface area contributed by atoms with Crippen LogP contribution in [0.15, 0.2) is 54.6 Å². The lowest BCUT2D eigenvalue weighted by atomic mass is 10.2. The van der Waals surface area contributed by atoms with E-state index in [4.69, 9.17) is 16.7 Å². The average molecular weight is 425 g/mol. The van der Waals surface area contributed by atoms with E-state index < -0.39 is 23.9 Å². The number of urea groups is 1. The molecule has 0 aliphatic carbocycles. The molecule has 2 amide bonds. The van der Waals surface area contributed by atoms with Crippen LogP contribution in [-0.4, -0.2) is 26.9 Å². The second-order valence-corrected chi connectivity index (χ2v) is 6.20. The molecule has 0 aliphatic heterocycles. The van der Waals surface area contributed by atoms with Crippen molar-refractivity contribution in [1.82, 2.24) is 9.78 Å². The van der Waals surface area contributed by atoms with Crippen LogP contribution in [0, 0.1) is 0 Å². The van der Waals surface area contributed by atoms with Gasteiger partial charge in [0.15, 0.2) is 5.69 Å². The summed E-state index contributed by atoms with van der Waals surface area (Å²) in [5.41, 5.74) is -0.763. The molecule has 0 radical (unpaired) electrons. The number of halogens is 4. The first-order valence-corrected chi connectivity index (χ1v) is 8.36. The molecule has 3 rings (SSSR count). The minimum Gasteiger partial charge on any atom is -0.478 e. The number of rotatable bonds is 4. The highest BCUT2D eigenvalue weighted by Crippen LogP contribution is 2.31. The minimum atomic E-state index is -4.74. The van der Waals surface area contributed by atoms with Crippen LogP contribution in [0.4, 0.5) is 29.5 Å². The van der Waals surface area contributed by atoms with Crippen molar-refractivity contribution in [3.8, 4) is 5.69 Å². The number of carbonyl (C=O) groups excluding carboxylic acids is 1. The molecule has 2 aromatic carbocycles. The van der Waals surface area contributed by atoms with Gasteiger partial charge in [-0.3, -0.25) is 5.32 Å². The number of hydrogen-bond donors (Lipinski definition) is 3. The third-order valence-corrected chi connectivity index (χ3v) is 3.95. The monoisotopic (exact) mass is 424 g/mol. The van der Waals surface area contributed by atoms with Gasteiger partial charge in [-0.15, -0.1) is 0 Å². The van der Waals surface area contributed by atoms with Crippen molar-refractivity contribution < 1.29 is 27.9 Å². The molecule has 0 saturated heterocycles. The van der Waals surface area contributed by atoms with E-state index in [-0.39, 0.29) is 17.1 Å². The summed E-state index contributed by atoms with van der Waals surface area (Å²) in [6.07, 6.45) is -4.74. The average Bonchev–Trinajstić information content (AvgIpc) is 3.08. The number of aromatic nitrogens is 2. The molecule has 3 aromatic rings. The topological polar surface area (TPSA) is 96.3 Å². The van der Waals surface area contributed by atoms with Crippen LogP contribution < -0.4 is 10.6 Å². The number of aromatic carboxylic acids is 1. The van der Waals surface area contributed by atoms with Crippen LogP contribution >= 0.6 is 11.6 Å². The van der Waals surface area contributed by atoms with Gasteiger partial charge < -0.3 is 10.4 Å². The highest BCUT2D eigenvalue weighted by Gasteiger charge is 2.35.